The van der Waals surface area contributed by atoms with Gasteiger partial charge in [0.15, 0.2) is 6.61 Å². The van der Waals surface area contributed by atoms with Gasteiger partial charge in [-0.1, -0.05) is 48.0 Å². The molecule has 1 aliphatic heterocycles. The lowest BCUT2D eigenvalue weighted by atomic mass is 9.99. The first-order valence-corrected chi connectivity index (χ1v) is 9.84. The van der Waals surface area contributed by atoms with E-state index in [4.69, 9.17) is 16.3 Å². The quantitative estimate of drug-likeness (QED) is 0.666. The van der Waals surface area contributed by atoms with Crippen LogP contribution in [0, 0.1) is 13.8 Å². The molecule has 0 bridgehead atoms. The van der Waals surface area contributed by atoms with E-state index in [9.17, 15) is 4.79 Å². The predicted molar refractivity (Wildman–Crippen MR) is 114 cm³/mol. The molecule has 2 aromatic carbocycles. The van der Waals surface area contributed by atoms with Gasteiger partial charge in [-0.25, -0.2) is 0 Å². The molecular formula is C23H23ClN2O2. The number of aromatic nitrogens is 1. The van der Waals surface area contributed by atoms with Gasteiger partial charge in [0.25, 0.3) is 5.91 Å². The molecule has 0 saturated carbocycles. The van der Waals surface area contributed by atoms with Gasteiger partial charge in [0.1, 0.15) is 5.75 Å². The van der Waals surface area contributed by atoms with Crippen molar-refractivity contribution in [1.29, 1.82) is 0 Å². The van der Waals surface area contributed by atoms with Gasteiger partial charge in [0.2, 0.25) is 0 Å². The van der Waals surface area contributed by atoms with Gasteiger partial charge in [0.05, 0.1) is 10.5 Å². The van der Waals surface area contributed by atoms with Gasteiger partial charge >= 0.3 is 0 Å². The van der Waals surface area contributed by atoms with E-state index in [1.165, 1.54) is 5.57 Å². The summed E-state index contributed by atoms with van der Waals surface area (Å²) in [5.74, 6) is 0.819. The SMILES string of the molecule is Cc1cccc(C)c1OCC(=O)N1CC=C(c2c[nH]c3c(Cl)cccc23)CC1. The van der Waals surface area contributed by atoms with Crippen LogP contribution in [0.5, 0.6) is 5.75 Å². The molecule has 5 heteroatoms. The predicted octanol–water partition coefficient (Wildman–Crippen LogP) is 5.13. The molecule has 3 aromatic rings. The third-order valence-electron chi connectivity index (χ3n) is 5.32. The van der Waals surface area contributed by atoms with Crippen molar-refractivity contribution in [2.24, 2.45) is 0 Å². The summed E-state index contributed by atoms with van der Waals surface area (Å²) in [5.41, 5.74) is 5.46. The zero-order chi connectivity index (χ0) is 19.7. The van der Waals surface area contributed by atoms with Crippen molar-refractivity contribution in [3.05, 3.63) is 70.4 Å². The lowest BCUT2D eigenvalue weighted by Crippen LogP contribution is -2.37. The fourth-order valence-corrected chi connectivity index (χ4v) is 4.00. The number of hydrogen-bond acceptors (Lipinski definition) is 2. The van der Waals surface area contributed by atoms with Crippen molar-refractivity contribution in [2.75, 3.05) is 19.7 Å². The van der Waals surface area contributed by atoms with Crippen LogP contribution in [0.25, 0.3) is 16.5 Å². The van der Waals surface area contributed by atoms with E-state index >= 15 is 0 Å². The van der Waals surface area contributed by atoms with Crippen LogP contribution in [0.3, 0.4) is 0 Å². The summed E-state index contributed by atoms with van der Waals surface area (Å²) >= 11 is 6.26. The fourth-order valence-electron chi connectivity index (χ4n) is 3.78. The summed E-state index contributed by atoms with van der Waals surface area (Å²) in [6, 6.07) is 11.9. The first-order valence-electron chi connectivity index (χ1n) is 9.46. The van der Waals surface area contributed by atoms with E-state index in [1.54, 1.807) is 0 Å². The number of fused-ring (bicyclic) bond motifs is 1. The average molecular weight is 395 g/mol. The van der Waals surface area contributed by atoms with E-state index in [1.807, 2.05) is 55.3 Å². The molecule has 144 valence electrons. The lowest BCUT2D eigenvalue weighted by molar-refractivity contribution is -0.132. The van der Waals surface area contributed by atoms with Crippen molar-refractivity contribution in [3.8, 4) is 5.75 Å². The zero-order valence-electron chi connectivity index (χ0n) is 16.1. The van der Waals surface area contributed by atoms with Gasteiger partial charge < -0.3 is 14.6 Å². The number of aryl methyl sites for hydroxylation is 2. The van der Waals surface area contributed by atoms with Gasteiger partial charge in [-0.15, -0.1) is 0 Å². The van der Waals surface area contributed by atoms with Crippen LogP contribution >= 0.6 is 11.6 Å². The largest absolute Gasteiger partial charge is 0.483 e. The third kappa shape index (κ3) is 3.52. The van der Waals surface area contributed by atoms with Crippen LogP contribution in [0.1, 0.15) is 23.1 Å². The van der Waals surface area contributed by atoms with Crippen LogP contribution in [0.4, 0.5) is 0 Å². The highest BCUT2D eigenvalue weighted by Crippen LogP contribution is 2.32. The molecule has 0 aliphatic carbocycles. The molecule has 0 unspecified atom stereocenters. The van der Waals surface area contributed by atoms with Crippen molar-refractivity contribution in [2.45, 2.75) is 20.3 Å². The Morgan fingerprint density at radius 2 is 1.93 bits per heavy atom. The molecule has 1 amide bonds. The highest BCUT2D eigenvalue weighted by molar-refractivity contribution is 6.35. The van der Waals surface area contributed by atoms with Crippen molar-refractivity contribution in [1.82, 2.24) is 9.88 Å². The molecule has 4 rings (SSSR count). The molecule has 1 aromatic heterocycles. The standard InChI is InChI=1S/C23H23ClN2O2/c1-15-5-3-6-16(2)23(15)28-14-21(27)26-11-9-17(10-12-26)19-13-25-22-18(19)7-4-8-20(22)24/h3-9,13,25H,10-12,14H2,1-2H3. The number of rotatable bonds is 4. The minimum atomic E-state index is 0.0138. The third-order valence-corrected chi connectivity index (χ3v) is 5.64. The van der Waals surface area contributed by atoms with E-state index < -0.39 is 0 Å². The van der Waals surface area contributed by atoms with E-state index in [0.29, 0.717) is 13.1 Å². The van der Waals surface area contributed by atoms with Crippen molar-refractivity contribution >= 4 is 34.0 Å². The maximum atomic E-state index is 12.6. The minimum absolute atomic E-state index is 0.0138. The smallest absolute Gasteiger partial charge is 0.260 e. The summed E-state index contributed by atoms with van der Waals surface area (Å²) in [6.45, 7) is 5.34. The second kappa shape index (κ2) is 7.72. The molecular weight excluding hydrogens is 372 g/mol. The molecule has 28 heavy (non-hydrogen) atoms. The van der Waals surface area contributed by atoms with E-state index in [2.05, 4.69) is 17.1 Å². The number of halogens is 1. The summed E-state index contributed by atoms with van der Waals surface area (Å²) in [4.78, 5) is 17.7. The number of carbonyl (C=O) groups excluding carboxylic acids is 1. The van der Waals surface area contributed by atoms with Crippen LogP contribution in [0.15, 0.2) is 48.7 Å². The zero-order valence-corrected chi connectivity index (χ0v) is 16.8. The van der Waals surface area contributed by atoms with E-state index in [-0.39, 0.29) is 12.5 Å². The number of carbonyl (C=O) groups is 1. The first kappa shape index (κ1) is 18.6. The Balaban J connectivity index is 1.43. The molecule has 0 spiro atoms. The summed E-state index contributed by atoms with van der Waals surface area (Å²) < 4.78 is 5.82. The number of hydrogen-bond donors (Lipinski definition) is 1. The number of nitrogens with zero attached hydrogens (tertiary/aromatic N) is 1. The maximum absolute atomic E-state index is 12.6. The molecule has 0 fully saturated rings. The highest BCUT2D eigenvalue weighted by Gasteiger charge is 2.20. The number of H-pyrrole nitrogens is 1. The molecule has 0 radical (unpaired) electrons. The van der Waals surface area contributed by atoms with Crippen LogP contribution in [0.2, 0.25) is 5.02 Å². The number of para-hydroxylation sites is 2. The summed E-state index contributed by atoms with van der Waals surface area (Å²) in [6.07, 6.45) is 4.95. The Bertz CT molecular complexity index is 1050. The second-order valence-electron chi connectivity index (χ2n) is 7.19. The maximum Gasteiger partial charge on any atom is 0.260 e. The number of amides is 1. The van der Waals surface area contributed by atoms with Gasteiger partial charge in [-0.3, -0.25) is 4.79 Å². The Kier molecular flexibility index (Phi) is 5.14. The van der Waals surface area contributed by atoms with Crippen LogP contribution in [-0.4, -0.2) is 35.5 Å². The van der Waals surface area contributed by atoms with Crippen molar-refractivity contribution < 1.29 is 9.53 Å². The normalized spacial score (nSPS) is 14.2. The lowest BCUT2D eigenvalue weighted by Gasteiger charge is -2.26. The van der Waals surface area contributed by atoms with Gasteiger partial charge in [-0.05, 0) is 43.0 Å². The Morgan fingerprint density at radius 3 is 2.64 bits per heavy atom. The second-order valence-corrected chi connectivity index (χ2v) is 7.60. The molecule has 1 N–H and O–H groups in total. The molecule has 1 aliphatic rings. The van der Waals surface area contributed by atoms with Crippen molar-refractivity contribution in [3.63, 3.8) is 0 Å². The number of ether oxygens (including phenoxy) is 1. The molecule has 4 nitrogen and oxygen atoms in total. The van der Waals surface area contributed by atoms with Crippen LogP contribution in [-0.2, 0) is 4.79 Å². The Hall–Kier alpha value is -2.72. The Morgan fingerprint density at radius 1 is 1.18 bits per heavy atom. The summed E-state index contributed by atoms with van der Waals surface area (Å²) in [7, 11) is 0. The minimum Gasteiger partial charge on any atom is -0.483 e. The average Bonchev–Trinajstić information content (AvgIpc) is 3.13. The molecule has 0 atom stereocenters. The fraction of sp³-hybridized carbons (Fsp3) is 0.261. The highest BCUT2D eigenvalue weighted by atomic mass is 35.5. The number of benzene rings is 2. The molecule has 2 heterocycles. The Labute approximate surface area is 169 Å². The topological polar surface area (TPSA) is 45.3 Å². The van der Waals surface area contributed by atoms with Gasteiger partial charge in [0, 0.05) is 30.2 Å². The summed E-state index contributed by atoms with van der Waals surface area (Å²) in [5, 5.41) is 1.84. The molecule has 0 saturated heterocycles. The van der Waals surface area contributed by atoms with E-state index in [0.717, 1.165) is 44.8 Å². The number of nitrogens with one attached hydrogen (secondary N) is 1. The monoisotopic (exact) mass is 394 g/mol. The van der Waals surface area contributed by atoms with Crippen LogP contribution < -0.4 is 4.74 Å². The number of aromatic amines is 1. The van der Waals surface area contributed by atoms with Gasteiger partial charge in [-0.2, -0.15) is 0 Å². The first-order chi connectivity index (χ1) is 13.5.